The number of hydrogen-bond acceptors (Lipinski definition) is 5. The Morgan fingerprint density at radius 1 is 1.24 bits per heavy atom. The van der Waals surface area contributed by atoms with Gasteiger partial charge in [0.15, 0.2) is 0 Å². The lowest BCUT2D eigenvalue weighted by atomic mass is 10.1. The Balaban J connectivity index is 1.98. The zero-order valence-electron chi connectivity index (χ0n) is 19.4. The molecule has 0 fully saturated rings. The number of rotatable bonds is 7. The maximum absolute atomic E-state index is 13.4. The largest absolute Gasteiger partial charge is 0.444 e. The van der Waals surface area contributed by atoms with Crippen LogP contribution in [0.2, 0.25) is 5.02 Å². The number of aromatic nitrogens is 1. The van der Waals surface area contributed by atoms with Crippen LogP contribution in [0.3, 0.4) is 0 Å². The molecule has 0 saturated heterocycles. The summed E-state index contributed by atoms with van der Waals surface area (Å²) in [5.74, 6) is 0.222. The van der Waals surface area contributed by atoms with Crippen molar-refractivity contribution in [2.24, 2.45) is 0 Å². The molecule has 1 aromatic carbocycles. The number of pyridine rings is 1. The van der Waals surface area contributed by atoms with Crippen LogP contribution in [0.4, 0.5) is 4.79 Å². The first kappa shape index (κ1) is 25.2. The van der Waals surface area contributed by atoms with Gasteiger partial charge in [0.1, 0.15) is 5.60 Å². The van der Waals surface area contributed by atoms with Crippen molar-refractivity contribution in [1.82, 2.24) is 15.2 Å². The molecule has 1 atom stereocenters. The Kier molecular flexibility index (Phi) is 8.13. The van der Waals surface area contributed by atoms with Crippen LogP contribution in [-0.2, 0) is 11.3 Å². The van der Waals surface area contributed by atoms with E-state index in [-0.39, 0.29) is 18.0 Å². The highest BCUT2D eigenvalue weighted by Crippen LogP contribution is 2.38. The van der Waals surface area contributed by atoms with Gasteiger partial charge in [0.05, 0.1) is 23.7 Å². The van der Waals surface area contributed by atoms with Crippen LogP contribution in [0, 0.1) is 0 Å². The summed E-state index contributed by atoms with van der Waals surface area (Å²) in [6, 6.07) is 6.65. The van der Waals surface area contributed by atoms with Gasteiger partial charge >= 0.3 is 6.09 Å². The molecule has 178 valence electrons. The van der Waals surface area contributed by atoms with Crippen molar-refractivity contribution in [3.63, 3.8) is 0 Å². The van der Waals surface area contributed by atoms with Crippen LogP contribution in [0.15, 0.2) is 40.2 Å². The predicted octanol–water partition coefficient (Wildman–Crippen LogP) is 4.75. The molecule has 0 saturated carbocycles. The second kappa shape index (κ2) is 10.7. The second-order valence-corrected chi connectivity index (χ2v) is 10.4. The van der Waals surface area contributed by atoms with Gasteiger partial charge < -0.3 is 19.9 Å². The monoisotopic (exact) mass is 491 g/mol. The minimum absolute atomic E-state index is 0.227. The second-order valence-electron chi connectivity index (χ2n) is 8.96. The van der Waals surface area contributed by atoms with Crippen molar-refractivity contribution in [3.05, 3.63) is 62.5 Å². The van der Waals surface area contributed by atoms with Crippen molar-refractivity contribution >= 4 is 35.4 Å². The number of amides is 2. The number of carbonyl (C=O) groups excluding carboxylic acids is 2. The van der Waals surface area contributed by atoms with Crippen molar-refractivity contribution in [2.45, 2.75) is 63.6 Å². The third kappa shape index (κ3) is 6.54. The van der Waals surface area contributed by atoms with E-state index in [1.807, 2.05) is 12.1 Å². The molecule has 0 aliphatic carbocycles. The fourth-order valence-electron chi connectivity index (χ4n) is 3.49. The summed E-state index contributed by atoms with van der Waals surface area (Å²) in [6.07, 6.45) is 2.85. The molecule has 2 amide bonds. The number of hydrogen-bond donors (Lipinski definition) is 2. The molecule has 1 aliphatic heterocycles. The van der Waals surface area contributed by atoms with Crippen LogP contribution in [0.25, 0.3) is 0 Å². The Morgan fingerprint density at radius 3 is 2.58 bits per heavy atom. The minimum atomic E-state index is -0.658. The summed E-state index contributed by atoms with van der Waals surface area (Å²) in [7, 11) is 0. The first-order valence-electron chi connectivity index (χ1n) is 11.0. The molecule has 0 spiro atoms. The van der Waals surface area contributed by atoms with Gasteiger partial charge in [0, 0.05) is 28.4 Å². The highest BCUT2D eigenvalue weighted by Gasteiger charge is 2.34. The van der Waals surface area contributed by atoms with E-state index in [0.717, 1.165) is 18.4 Å². The smallest absolute Gasteiger partial charge is 0.408 e. The van der Waals surface area contributed by atoms with E-state index in [4.69, 9.17) is 16.3 Å². The fraction of sp³-hybridized carbons (Fsp3) is 0.458. The van der Waals surface area contributed by atoms with E-state index in [1.54, 1.807) is 39.1 Å². The van der Waals surface area contributed by atoms with E-state index in [1.165, 1.54) is 16.3 Å². The summed E-state index contributed by atoms with van der Waals surface area (Å²) in [6.45, 7) is 8.23. The molecule has 0 unspecified atom stereocenters. The SMILES string of the molecule is CCCCNC(=O)c1cn(Cc2ccc(Cl)cc2)c(=O)c2c1SC[C@@H]2NC(=O)OC(C)(C)C. The van der Waals surface area contributed by atoms with E-state index >= 15 is 0 Å². The number of thioether (sulfide) groups is 1. The molecule has 3 rings (SSSR count). The van der Waals surface area contributed by atoms with Crippen LogP contribution < -0.4 is 16.2 Å². The first-order valence-corrected chi connectivity index (χ1v) is 12.4. The predicted molar refractivity (Wildman–Crippen MR) is 131 cm³/mol. The number of nitrogens with zero attached hydrogens (tertiary/aromatic N) is 1. The summed E-state index contributed by atoms with van der Waals surface area (Å²) < 4.78 is 6.90. The van der Waals surface area contributed by atoms with Gasteiger partial charge in [-0.2, -0.15) is 0 Å². The molecule has 0 radical (unpaired) electrons. The number of halogens is 1. The number of carbonyl (C=O) groups is 2. The molecule has 7 nitrogen and oxygen atoms in total. The van der Waals surface area contributed by atoms with Crippen LogP contribution in [0.1, 0.15) is 68.1 Å². The van der Waals surface area contributed by atoms with Crippen LogP contribution >= 0.6 is 23.4 Å². The van der Waals surface area contributed by atoms with Crippen molar-refractivity contribution in [3.8, 4) is 0 Å². The standard InChI is InChI=1S/C24H30ClN3O4S/c1-5-6-11-26-21(29)17-13-28(12-15-7-9-16(25)10-8-15)22(30)19-18(14-33-20(17)19)27-23(31)32-24(2,3)4/h7-10,13,18H,5-6,11-12,14H2,1-4H3,(H,26,29)(H,27,31)/t18-/m0/s1. The summed E-state index contributed by atoms with van der Waals surface area (Å²) >= 11 is 7.39. The molecule has 0 bridgehead atoms. The Hall–Kier alpha value is -2.45. The third-order valence-electron chi connectivity index (χ3n) is 5.03. The van der Waals surface area contributed by atoms with Crippen molar-refractivity contribution in [2.75, 3.05) is 12.3 Å². The summed E-state index contributed by atoms with van der Waals surface area (Å²) in [5.41, 5.74) is 0.836. The minimum Gasteiger partial charge on any atom is -0.444 e. The zero-order chi connectivity index (χ0) is 24.2. The number of unbranched alkanes of at least 4 members (excludes halogenated alkanes) is 1. The summed E-state index contributed by atoms with van der Waals surface area (Å²) in [5, 5.41) is 6.35. The molecule has 9 heteroatoms. The molecule has 1 aliphatic rings. The van der Waals surface area contributed by atoms with E-state index in [0.29, 0.717) is 33.3 Å². The average Bonchev–Trinajstić information content (AvgIpc) is 3.14. The highest BCUT2D eigenvalue weighted by molar-refractivity contribution is 7.99. The van der Waals surface area contributed by atoms with E-state index < -0.39 is 17.7 Å². The maximum Gasteiger partial charge on any atom is 0.408 e. The number of ether oxygens (including phenoxy) is 1. The highest BCUT2D eigenvalue weighted by atomic mass is 35.5. The van der Waals surface area contributed by atoms with Gasteiger partial charge in [-0.1, -0.05) is 37.1 Å². The summed E-state index contributed by atoms with van der Waals surface area (Å²) in [4.78, 5) is 39.4. The van der Waals surface area contributed by atoms with Gasteiger partial charge in [0.25, 0.3) is 11.5 Å². The topological polar surface area (TPSA) is 89.4 Å². The van der Waals surface area contributed by atoms with E-state index in [2.05, 4.69) is 17.6 Å². The first-order chi connectivity index (χ1) is 15.6. The molecular formula is C24H30ClN3O4S. The molecule has 2 aromatic rings. The number of nitrogens with one attached hydrogen (secondary N) is 2. The molecule has 1 aromatic heterocycles. The Labute approximate surface area is 203 Å². The zero-order valence-corrected chi connectivity index (χ0v) is 20.9. The fourth-order valence-corrected chi connectivity index (χ4v) is 4.88. The Morgan fingerprint density at radius 2 is 1.94 bits per heavy atom. The molecule has 2 N–H and O–H groups in total. The molecular weight excluding hydrogens is 462 g/mol. The Bertz CT molecular complexity index is 1080. The van der Waals surface area contributed by atoms with Gasteiger partial charge in [-0.05, 0) is 44.9 Å². The van der Waals surface area contributed by atoms with Crippen molar-refractivity contribution in [1.29, 1.82) is 0 Å². The maximum atomic E-state index is 13.4. The molecule has 2 heterocycles. The van der Waals surface area contributed by atoms with E-state index in [9.17, 15) is 14.4 Å². The quantitative estimate of drug-likeness (QED) is 0.545. The lowest BCUT2D eigenvalue weighted by Gasteiger charge is -2.22. The number of benzene rings is 1. The van der Waals surface area contributed by atoms with Gasteiger partial charge in [0.2, 0.25) is 0 Å². The normalized spacial score (nSPS) is 15.1. The number of fused-ring (bicyclic) bond motifs is 1. The van der Waals surface area contributed by atoms with Gasteiger partial charge in [-0.3, -0.25) is 9.59 Å². The molecule has 33 heavy (non-hydrogen) atoms. The van der Waals surface area contributed by atoms with Gasteiger partial charge in [-0.15, -0.1) is 11.8 Å². The van der Waals surface area contributed by atoms with Crippen LogP contribution in [0.5, 0.6) is 0 Å². The average molecular weight is 492 g/mol. The third-order valence-corrected chi connectivity index (χ3v) is 6.51. The van der Waals surface area contributed by atoms with Crippen LogP contribution in [-0.4, -0.2) is 34.5 Å². The lowest BCUT2D eigenvalue weighted by Crippen LogP contribution is -2.38. The van der Waals surface area contributed by atoms with Crippen molar-refractivity contribution < 1.29 is 14.3 Å². The number of alkyl carbamates (subject to hydrolysis) is 1. The van der Waals surface area contributed by atoms with Gasteiger partial charge in [-0.25, -0.2) is 4.79 Å². The lowest BCUT2D eigenvalue weighted by molar-refractivity contribution is 0.0508.